The highest BCUT2D eigenvalue weighted by Crippen LogP contribution is 2.24. The van der Waals surface area contributed by atoms with Gasteiger partial charge in [-0.1, -0.05) is 30.3 Å². The van der Waals surface area contributed by atoms with Gasteiger partial charge in [0.05, 0.1) is 13.2 Å². The van der Waals surface area contributed by atoms with Gasteiger partial charge in [-0.2, -0.15) is 0 Å². The van der Waals surface area contributed by atoms with E-state index in [1.54, 1.807) is 0 Å². The molecule has 6 heteroatoms. The van der Waals surface area contributed by atoms with Crippen LogP contribution < -0.4 is 0 Å². The molecule has 1 aliphatic rings. The van der Waals surface area contributed by atoms with Gasteiger partial charge in [0.1, 0.15) is 24.4 Å². The summed E-state index contributed by atoms with van der Waals surface area (Å²) in [5.41, 5.74) is 0.912. The quantitative estimate of drug-likeness (QED) is 0.548. The van der Waals surface area contributed by atoms with Crippen molar-refractivity contribution in [3.05, 3.63) is 35.9 Å². The molecule has 4 N–H and O–H groups in total. The second-order valence-electron chi connectivity index (χ2n) is 4.49. The van der Waals surface area contributed by atoms with Crippen LogP contribution in [0.15, 0.2) is 30.3 Å². The number of hydrogen-bond donors (Lipinski definition) is 4. The SMILES string of the molecule is OCC(OCc1ccccc1)[C@H]1O[C@@H](O)C(O)C1O. The van der Waals surface area contributed by atoms with Crippen LogP contribution in [0, 0.1) is 0 Å². The highest BCUT2D eigenvalue weighted by molar-refractivity contribution is 5.13. The van der Waals surface area contributed by atoms with E-state index in [1.807, 2.05) is 30.3 Å². The van der Waals surface area contributed by atoms with Crippen LogP contribution in [0.5, 0.6) is 0 Å². The second-order valence-corrected chi connectivity index (χ2v) is 4.49. The summed E-state index contributed by atoms with van der Waals surface area (Å²) in [6, 6.07) is 9.33. The van der Waals surface area contributed by atoms with Gasteiger partial charge in [0, 0.05) is 0 Å². The van der Waals surface area contributed by atoms with E-state index in [-0.39, 0.29) is 13.2 Å². The molecular weight excluding hydrogens is 252 g/mol. The van der Waals surface area contributed by atoms with Crippen molar-refractivity contribution in [3.8, 4) is 0 Å². The van der Waals surface area contributed by atoms with Gasteiger partial charge >= 0.3 is 0 Å². The van der Waals surface area contributed by atoms with Crippen molar-refractivity contribution < 1.29 is 29.9 Å². The maximum absolute atomic E-state index is 9.70. The Bertz CT molecular complexity index is 384. The molecule has 0 aromatic heterocycles. The second kappa shape index (κ2) is 6.42. The molecule has 2 rings (SSSR count). The Morgan fingerprint density at radius 3 is 2.32 bits per heavy atom. The fraction of sp³-hybridized carbons (Fsp3) is 0.538. The summed E-state index contributed by atoms with van der Waals surface area (Å²) >= 11 is 0. The number of aliphatic hydroxyl groups is 4. The van der Waals surface area contributed by atoms with Crippen LogP contribution in [-0.2, 0) is 16.1 Å². The molecule has 106 valence electrons. The van der Waals surface area contributed by atoms with E-state index in [2.05, 4.69) is 0 Å². The van der Waals surface area contributed by atoms with Gasteiger partial charge in [-0.25, -0.2) is 0 Å². The zero-order chi connectivity index (χ0) is 13.8. The predicted molar refractivity (Wildman–Crippen MR) is 65.0 cm³/mol. The Morgan fingerprint density at radius 1 is 1.11 bits per heavy atom. The molecular formula is C13H18O6. The summed E-state index contributed by atoms with van der Waals surface area (Å²) in [7, 11) is 0. The first-order chi connectivity index (χ1) is 9.13. The summed E-state index contributed by atoms with van der Waals surface area (Å²) in [6.07, 6.45) is -5.92. The maximum Gasteiger partial charge on any atom is 0.184 e. The van der Waals surface area contributed by atoms with Crippen LogP contribution in [0.4, 0.5) is 0 Å². The van der Waals surface area contributed by atoms with Gasteiger partial charge in [-0.05, 0) is 5.56 Å². The normalized spacial score (nSPS) is 32.4. The first-order valence-corrected chi connectivity index (χ1v) is 6.09. The van der Waals surface area contributed by atoms with Crippen LogP contribution in [0.3, 0.4) is 0 Å². The highest BCUT2D eigenvalue weighted by atomic mass is 16.7. The lowest BCUT2D eigenvalue weighted by molar-refractivity contribution is -0.163. The third kappa shape index (κ3) is 3.30. The summed E-state index contributed by atoms with van der Waals surface area (Å²) in [6.45, 7) is -0.140. The first-order valence-electron chi connectivity index (χ1n) is 6.09. The smallest absolute Gasteiger partial charge is 0.184 e. The minimum atomic E-state index is -1.46. The molecule has 5 atom stereocenters. The van der Waals surface area contributed by atoms with Crippen molar-refractivity contribution >= 4 is 0 Å². The molecule has 1 fully saturated rings. The molecule has 0 spiro atoms. The van der Waals surface area contributed by atoms with Crippen molar-refractivity contribution in [1.29, 1.82) is 0 Å². The van der Waals surface area contributed by atoms with Crippen molar-refractivity contribution in [2.24, 2.45) is 0 Å². The highest BCUT2D eigenvalue weighted by Gasteiger charge is 2.45. The largest absolute Gasteiger partial charge is 0.394 e. The third-order valence-electron chi connectivity index (χ3n) is 3.13. The molecule has 19 heavy (non-hydrogen) atoms. The fourth-order valence-corrected chi connectivity index (χ4v) is 2.02. The molecule has 0 amide bonds. The summed E-state index contributed by atoms with van der Waals surface area (Å²) < 4.78 is 10.5. The van der Waals surface area contributed by atoms with Crippen molar-refractivity contribution in [3.63, 3.8) is 0 Å². The fourth-order valence-electron chi connectivity index (χ4n) is 2.02. The Balaban J connectivity index is 1.94. The van der Waals surface area contributed by atoms with E-state index in [9.17, 15) is 20.4 Å². The van der Waals surface area contributed by atoms with Crippen molar-refractivity contribution in [2.45, 2.75) is 37.3 Å². The molecule has 3 unspecified atom stereocenters. The molecule has 1 aromatic carbocycles. The van der Waals surface area contributed by atoms with Crippen LogP contribution in [0.2, 0.25) is 0 Å². The van der Waals surface area contributed by atoms with Gasteiger partial charge in [-0.15, -0.1) is 0 Å². The number of aliphatic hydroxyl groups excluding tert-OH is 4. The Kier molecular flexibility index (Phi) is 4.87. The average molecular weight is 270 g/mol. The monoisotopic (exact) mass is 270 g/mol. The summed E-state index contributed by atoms with van der Waals surface area (Å²) in [4.78, 5) is 0. The first kappa shape index (κ1) is 14.4. The zero-order valence-corrected chi connectivity index (χ0v) is 10.3. The molecule has 0 saturated carbocycles. The predicted octanol–water partition coefficient (Wildman–Crippen LogP) is -0.997. The van der Waals surface area contributed by atoms with Gasteiger partial charge in [0.2, 0.25) is 0 Å². The minimum absolute atomic E-state index is 0.241. The van der Waals surface area contributed by atoms with Gasteiger partial charge in [-0.3, -0.25) is 0 Å². The number of rotatable bonds is 5. The van der Waals surface area contributed by atoms with E-state index in [0.29, 0.717) is 0 Å². The van der Waals surface area contributed by atoms with Crippen LogP contribution in [-0.4, -0.2) is 57.7 Å². The van der Waals surface area contributed by atoms with Crippen molar-refractivity contribution in [2.75, 3.05) is 6.61 Å². The van der Waals surface area contributed by atoms with E-state index >= 15 is 0 Å². The molecule has 1 aromatic rings. The molecule has 1 saturated heterocycles. The van der Waals surface area contributed by atoms with Gasteiger partial charge in [0.25, 0.3) is 0 Å². The molecule has 6 nitrogen and oxygen atoms in total. The van der Waals surface area contributed by atoms with Crippen LogP contribution in [0.25, 0.3) is 0 Å². The van der Waals surface area contributed by atoms with E-state index in [0.717, 1.165) is 5.56 Å². The van der Waals surface area contributed by atoms with Crippen molar-refractivity contribution in [1.82, 2.24) is 0 Å². The zero-order valence-electron chi connectivity index (χ0n) is 10.3. The molecule has 1 heterocycles. The summed E-state index contributed by atoms with van der Waals surface area (Å²) in [5, 5.41) is 37.7. The topological polar surface area (TPSA) is 99.4 Å². The van der Waals surface area contributed by atoms with E-state index in [4.69, 9.17) is 9.47 Å². The Hall–Kier alpha value is -1.02. The summed E-state index contributed by atoms with van der Waals surface area (Å²) in [5.74, 6) is 0. The van der Waals surface area contributed by atoms with Crippen LogP contribution >= 0.6 is 0 Å². The molecule has 0 bridgehead atoms. The average Bonchev–Trinajstić information content (AvgIpc) is 2.69. The number of hydrogen-bond acceptors (Lipinski definition) is 6. The Labute approximate surface area is 110 Å². The lowest BCUT2D eigenvalue weighted by Gasteiger charge is -2.24. The molecule has 1 aliphatic heterocycles. The standard InChI is InChI=1S/C13H18O6/c14-6-9(12-10(15)11(16)13(17)19-12)18-7-8-4-2-1-3-5-8/h1-5,9-17H,6-7H2/t9?,10?,11?,12-,13-/m1/s1. The minimum Gasteiger partial charge on any atom is -0.394 e. The molecule has 0 aliphatic carbocycles. The molecule has 0 radical (unpaired) electrons. The van der Waals surface area contributed by atoms with E-state index in [1.165, 1.54) is 0 Å². The van der Waals surface area contributed by atoms with E-state index < -0.39 is 30.7 Å². The lowest BCUT2D eigenvalue weighted by atomic mass is 10.1. The number of benzene rings is 1. The Morgan fingerprint density at radius 2 is 1.79 bits per heavy atom. The van der Waals surface area contributed by atoms with Gasteiger partial charge < -0.3 is 29.9 Å². The van der Waals surface area contributed by atoms with Gasteiger partial charge in [0.15, 0.2) is 6.29 Å². The maximum atomic E-state index is 9.70. The lowest BCUT2D eigenvalue weighted by Crippen LogP contribution is -2.42. The third-order valence-corrected chi connectivity index (χ3v) is 3.13. The van der Waals surface area contributed by atoms with Crippen LogP contribution in [0.1, 0.15) is 5.56 Å². The number of ether oxygens (including phenoxy) is 2.